The van der Waals surface area contributed by atoms with Crippen molar-refractivity contribution in [3.8, 4) is 0 Å². The minimum Gasteiger partial charge on any atom is -0.385 e. The molecule has 0 saturated carbocycles. The number of carbonyl (C=O) groups excluding carboxylic acids is 2. The average Bonchev–Trinajstić information content (AvgIpc) is 2.59. The highest BCUT2D eigenvalue weighted by Crippen LogP contribution is 2.23. The molecule has 0 bridgehead atoms. The van der Waals surface area contributed by atoms with E-state index in [0.717, 1.165) is 0 Å². The van der Waals surface area contributed by atoms with E-state index in [2.05, 4.69) is 10.1 Å². The van der Waals surface area contributed by atoms with Crippen LogP contribution in [0.25, 0.3) is 0 Å². The van der Waals surface area contributed by atoms with Gasteiger partial charge in [0.2, 0.25) is 0 Å². The van der Waals surface area contributed by atoms with Crippen molar-refractivity contribution >= 4 is 40.6 Å². The molecule has 0 aliphatic rings. The molecule has 0 unspecified atom stereocenters. The Morgan fingerprint density at radius 2 is 1.80 bits per heavy atom. The molecule has 0 amide bonds. The van der Waals surface area contributed by atoms with Gasteiger partial charge in [0.25, 0.3) is 0 Å². The molecule has 7 heteroatoms. The van der Waals surface area contributed by atoms with Crippen LogP contribution in [0.4, 0.5) is 15.8 Å². The number of anilines is 2. The molecule has 0 aliphatic carbocycles. The Bertz CT molecular complexity index is 806. The van der Waals surface area contributed by atoms with E-state index in [1.165, 1.54) is 30.3 Å². The number of benzene rings is 2. The molecule has 2 N–H and O–H groups in total. The standard InChI is InChI=1S/C18H16ClFN2O3/c1-2-3-16(21)18(24)25-17(23)11-4-6-12(7-5-11)22-13-8-9-15(20)14(19)10-13/h4-10,21-22H,2-3H2,1H3. The van der Waals surface area contributed by atoms with Crippen LogP contribution in [0.5, 0.6) is 0 Å². The Kier molecular flexibility index (Phi) is 6.25. The van der Waals surface area contributed by atoms with Gasteiger partial charge in [-0.1, -0.05) is 24.9 Å². The maximum absolute atomic E-state index is 13.1. The summed E-state index contributed by atoms with van der Waals surface area (Å²) in [5.74, 6) is -2.26. The van der Waals surface area contributed by atoms with E-state index >= 15 is 0 Å². The van der Waals surface area contributed by atoms with Crippen LogP contribution < -0.4 is 5.32 Å². The number of rotatable bonds is 6. The Morgan fingerprint density at radius 3 is 2.40 bits per heavy atom. The molecule has 5 nitrogen and oxygen atoms in total. The smallest absolute Gasteiger partial charge is 0.359 e. The second-order valence-corrected chi connectivity index (χ2v) is 5.64. The number of halogens is 2. The van der Waals surface area contributed by atoms with Crippen molar-refractivity contribution in [3.63, 3.8) is 0 Å². The van der Waals surface area contributed by atoms with E-state index in [4.69, 9.17) is 17.0 Å². The van der Waals surface area contributed by atoms with Gasteiger partial charge in [0, 0.05) is 11.4 Å². The van der Waals surface area contributed by atoms with E-state index in [-0.39, 0.29) is 22.7 Å². The predicted octanol–water partition coefficient (Wildman–Crippen LogP) is 4.73. The third-order valence-electron chi connectivity index (χ3n) is 3.26. The molecule has 0 heterocycles. The first-order chi connectivity index (χ1) is 11.9. The van der Waals surface area contributed by atoms with Crippen LogP contribution in [0.2, 0.25) is 5.02 Å². The molecule has 2 aromatic carbocycles. The molecule has 25 heavy (non-hydrogen) atoms. The predicted molar refractivity (Wildman–Crippen MR) is 94.2 cm³/mol. The number of nitrogens with one attached hydrogen (secondary N) is 2. The highest BCUT2D eigenvalue weighted by Gasteiger charge is 2.16. The summed E-state index contributed by atoms with van der Waals surface area (Å²) in [6.07, 6.45) is 0.880. The first-order valence-corrected chi connectivity index (χ1v) is 7.94. The van der Waals surface area contributed by atoms with Crippen LogP contribution in [0.3, 0.4) is 0 Å². The minimum absolute atomic E-state index is 0.00163. The highest BCUT2D eigenvalue weighted by molar-refractivity contribution is 6.37. The molecular formula is C18H16ClFN2O3. The zero-order chi connectivity index (χ0) is 18.4. The summed E-state index contributed by atoms with van der Waals surface area (Å²) >= 11 is 5.72. The Balaban J connectivity index is 2.01. The zero-order valence-corrected chi connectivity index (χ0v) is 14.2. The van der Waals surface area contributed by atoms with Crippen LogP contribution in [-0.4, -0.2) is 17.7 Å². The lowest BCUT2D eigenvalue weighted by atomic mass is 10.2. The molecule has 0 fully saturated rings. The fourth-order valence-corrected chi connectivity index (χ4v) is 2.17. The molecule has 0 aliphatic heterocycles. The lowest BCUT2D eigenvalue weighted by Gasteiger charge is -2.08. The van der Waals surface area contributed by atoms with Crippen molar-refractivity contribution in [1.29, 1.82) is 5.41 Å². The summed E-state index contributed by atoms with van der Waals surface area (Å²) in [7, 11) is 0. The van der Waals surface area contributed by atoms with Crippen LogP contribution in [0.1, 0.15) is 30.1 Å². The van der Waals surface area contributed by atoms with Gasteiger partial charge in [-0.15, -0.1) is 0 Å². The average molecular weight is 363 g/mol. The van der Waals surface area contributed by atoms with E-state index in [1.54, 1.807) is 12.1 Å². The van der Waals surface area contributed by atoms with Crippen molar-refractivity contribution in [1.82, 2.24) is 0 Å². The summed E-state index contributed by atoms with van der Waals surface area (Å²) in [5.41, 5.74) is 1.18. The Labute approximate surface area is 149 Å². The van der Waals surface area contributed by atoms with Gasteiger partial charge in [0.05, 0.1) is 10.6 Å². The third-order valence-corrected chi connectivity index (χ3v) is 3.55. The first-order valence-electron chi connectivity index (χ1n) is 7.56. The van der Waals surface area contributed by atoms with Crippen LogP contribution in [0.15, 0.2) is 42.5 Å². The van der Waals surface area contributed by atoms with E-state index in [0.29, 0.717) is 17.8 Å². The molecule has 0 atom stereocenters. The molecular weight excluding hydrogens is 347 g/mol. The Morgan fingerprint density at radius 1 is 1.16 bits per heavy atom. The summed E-state index contributed by atoms with van der Waals surface area (Å²) < 4.78 is 17.8. The van der Waals surface area contributed by atoms with E-state index in [9.17, 15) is 14.0 Å². The van der Waals surface area contributed by atoms with Crippen LogP contribution in [0, 0.1) is 11.2 Å². The van der Waals surface area contributed by atoms with Crippen molar-refractivity contribution in [3.05, 3.63) is 58.9 Å². The highest BCUT2D eigenvalue weighted by atomic mass is 35.5. The maximum Gasteiger partial charge on any atom is 0.359 e. The molecule has 0 saturated heterocycles. The van der Waals surface area contributed by atoms with Gasteiger partial charge in [-0.25, -0.2) is 14.0 Å². The fraction of sp³-hybridized carbons (Fsp3) is 0.167. The van der Waals surface area contributed by atoms with Crippen LogP contribution >= 0.6 is 11.6 Å². The number of hydrogen-bond donors (Lipinski definition) is 2. The second-order valence-electron chi connectivity index (χ2n) is 5.24. The fourth-order valence-electron chi connectivity index (χ4n) is 1.99. The van der Waals surface area contributed by atoms with Gasteiger partial charge in [0.15, 0.2) is 0 Å². The third kappa shape index (κ3) is 5.12. The number of esters is 2. The van der Waals surface area contributed by atoms with Gasteiger partial charge in [-0.05, 0) is 48.9 Å². The molecule has 0 aromatic heterocycles. The van der Waals surface area contributed by atoms with Gasteiger partial charge >= 0.3 is 11.9 Å². The first kappa shape index (κ1) is 18.6. The number of ether oxygens (including phenoxy) is 1. The molecule has 2 aromatic rings. The lowest BCUT2D eigenvalue weighted by Crippen LogP contribution is -2.20. The number of hydrogen-bond acceptors (Lipinski definition) is 5. The summed E-state index contributed by atoms with van der Waals surface area (Å²) in [4.78, 5) is 23.5. The lowest BCUT2D eigenvalue weighted by molar-refractivity contribution is -0.130. The summed E-state index contributed by atoms with van der Waals surface area (Å²) in [6.45, 7) is 1.82. The quantitative estimate of drug-likeness (QED) is 0.442. The van der Waals surface area contributed by atoms with Crippen molar-refractivity contribution in [2.24, 2.45) is 0 Å². The van der Waals surface area contributed by atoms with Crippen molar-refractivity contribution < 1.29 is 18.7 Å². The normalized spacial score (nSPS) is 10.2. The van der Waals surface area contributed by atoms with Gasteiger partial charge < -0.3 is 10.1 Å². The van der Waals surface area contributed by atoms with Gasteiger partial charge in [-0.3, -0.25) is 5.41 Å². The molecule has 130 valence electrons. The molecule has 2 rings (SSSR count). The van der Waals surface area contributed by atoms with Crippen molar-refractivity contribution in [2.75, 3.05) is 5.32 Å². The Hall–Kier alpha value is -2.73. The van der Waals surface area contributed by atoms with Gasteiger partial charge in [0.1, 0.15) is 11.5 Å². The van der Waals surface area contributed by atoms with E-state index in [1.807, 2.05) is 6.92 Å². The van der Waals surface area contributed by atoms with Gasteiger partial charge in [-0.2, -0.15) is 0 Å². The van der Waals surface area contributed by atoms with E-state index < -0.39 is 17.8 Å². The maximum atomic E-state index is 13.1. The zero-order valence-electron chi connectivity index (χ0n) is 13.4. The summed E-state index contributed by atoms with van der Waals surface area (Å²) in [5, 5.41) is 10.5. The van der Waals surface area contributed by atoms with Crippen LogP contribution in [-0.2, 0) is 9.53 Å². The topological polar surface area (TPSA) is 79.2 Å². The second kappa shape index (κ2) is 8.39. The number of carbonyl (C=O) groups is 2. The van der Waals surface area contributed by atoms with Crippen molar-refractivity contribution in [2.45, 2.75) is 19.8 Å². The molecule has 0 spiro atoms. The minimum atomic E-state index is -0.935. The largest absolute Gasteiger partial charge is 0.385 e. The monoisotopic (exact) mass is 362 g/mol. The SMILES string of the molecule is CCCC(=N)C(=O)OC(=O)c1ccc(Nc2ccc(F)c(Cl)c2)cc1. The molecule has 0 radical (unpaired) electrons. The summed E-state index contributed by atoms with van der Waals surface area (Å²) in [6, 6.07) is 10.4.